The van der Waals surface area contributed by atoms with E-state index in [0.29, 0.717) is 13.3 Å². The van der Waals surface area contributed by atoms with E-state index in [0.717, 1.165) is 5.56 Å². The van der Waals surface area contributed by atoms with E-state index in [9.17, 15) is 4.91 Å². The van der Waals surface area contributed by atoms with Crippen LogP contribution in [-0.2, 0) is 18.1 Å². The summed E-state index contributed by atoms with van der Waals surface area (Å²) in [5.74, 6) is 0. The van der Waals surface area contributed by atoms with E-state index in [1.165, 1.54) is 6.07 Å². The summed E-state index contributed by atoms with van der Waals surface area (Å²) >= 11 is 0. The zero-order valence-electron chi connectivity index (χ0n) is 9.77. The van der Waals surface area contributed by atoms with Gasteiger partial charge in [-0.15, -0.1) is 0 Å². The number of hydrogen-bond acceptors (Lipinski definition) is 2. The average Bonchev–Trinajstić information content (AvgIpc) is 2.40. The molecule has 0 atom stereocenters. The Hall–Kier alpha value is -2.27. The van der Waals surface area contributed by atoms with E-state index in [1.54, 1.807) is 12.1 Å². The zero-order valence-corrected chi connectivity index (χ0v) is 9.77. The molecule has 5 heteroatoms. The van der Waals surface area contributed by atoms with Gasteiger partial charge in [-0.2, -0.15) is 4.57 Å². The molecule has 1 aromatic carbocycles. The molecule has 0 aliphatic rings. The lowest BCUT2D eigenvalue weighted by Crippen LogP contribution is -2.33. The molecular weight excluding hydrogens is 232 g/mol. The molecule has 0 saturated carbocycles. The quantitative estimate of drug-likeness (QED) is 0.648. The van der Waals surface area contributed by atoms with Gasteiger partial charge in [-0.1, -0.05) is 18.2 Å². The standard InChI is InChI=1S/C13H14N2O3/c16-15(17)13-6-4-5-12(9-13)10-18-11-14-7-2-1-3-8-14/h1-9H,10-11H2,(H,16,17)/q+2. The molecule has 18 heavy (non-hydrogen) atoms. The van der Waals surface area contributed by atoms with Gasteiger partial charge in [0.25, 0.3) is 11.7 Å². The van der Waals surface area contributed by atoms with E-state index < -0.39 is 0 Å². The van der Waals surface area contributed by atoms with Gasteiger partial charge in [0.05, 0.1) is 11.5 Å². The van der Waals surface area contributed by atoms with Crippen LogP contribution in [0, 0.1) is 4.91 Å². The topological polar surface area (TPSA) is 53.4 Å². The van der Waals surface area contributed by atoms with Crippen LogP contribution in [0.3, 0.4) is 0 Å². The van der Waals surface area contributed by atoms with Gasteiger partial charge in [0, 0.05) is 24.3 Å². The number of hydrogen-bond donors (Lipinski definition) is 1. The summed E-state index contributed by atoms with van der Waals surface area (Å²) in [7, 11) is 0. The molecule has 0 bridgehead atoms. The van der Waals surface area contributed by atoms with Gasteiger partial charge in [0.2, 0.25) is 0 Å². The van der Waals surface area contributed by atoms with Gasteiger partial charge in [-0.3, -0.25) is 0 Å². The molecule has 0 amide bonds. The van der Waals surface area contributed by atoms with Crippen LogP contribution in [0.1, 0.15) is 5.56 Å². The van der Waals surface area contributed by atoms with Gasteiger partial charge in [0.15, 0.2) is 12.4 Å². The third kappa shape index (κ3) is 3.36. The predicted octanol–water partition coefficient (Wildman–Crippen LogP) is 1.95. The van der Waals surface area contributed by atoms with Crippen molar-refractivity contribution >= 4 is 5.69 Å². The molecule has 0 saturated heterocycles. The maximum Gasteiger partial charge on any atom is 0.316 e. The summed E-state index contributed by atoms with van der Waals surface area (Å²) in [6, 6.07) is 12.4. The SMILES string of the molecule is O=[N+](O)c1cccc(COC[n+]2ccccc2)c1. The van der Waals surface area contributed by atoms with Crippen molar-refractivity contribution in [2.75, 3.05) is 0 Å². The number of benzene rings is 1. The summed E-state index contributed by atoms with van der Waals surface area (Å²) < 4.78 is 7.40. The molecule has 0 unspecified atom stereocenters. The van der Waals surface area contributed by atoms with Crippen molar-refractivity contribution in [2.24, 2.45) is 0 Å². The molecule has 0 aliphatic heterocycles. The lowest BCUT2D eigenvalue weighted by atomic mass is 10.2. The molecule has 92 valence electrons. The van der Waals surface area contributed by atoms with Gasteiger partial charge in [-0.25, -0.2) is 5.21 Å². The van der Waals surface area contributed by atoms with Crippen LogP contribution >= 0.6 is 0 Å². The molecule has 2 aromatic rings. The Morgan fingerprint density at radius 1 is 1.17 bits per heavy atom. The largest absolute Gasteiger partial charge is 0.318 e. The van der Waals surface area contributed by atoms with Crippen LogP contribution < -0.4 is 4.57 Å². The molecular formula is C13H14N2O3+2. The minimum absolute atomic E-state index is 0.157. The first-order chi connectivity index (χ1) is 8.75. The number of rotatable bonds is 5. The first-order valence-electron chi connectivity index (χ1n) is 5.52. The monoisotopic (exact) mass is 246 g/mol. The van der Waals surface area contributed by atoms with Gasteiger partial charge in [0.1, 0.15) is 0 Å². The first kappa shape index (κ1) is 12.2. The highest BCUT2D eigenvalue weighted by Crippen LogP contribution is 2.12. The normalized spacial score (nSPS) is 10.2. The van der Waals surface area contributed by atoms with Crippen molar-refractivity contribution in [3.63, 3.8) is 0 Å². The highest BCUT2D eigenvalue weighted by atomic mass is 16.6. The molecule has 5 nitrogen and oxygen atoms in total. The lowest BCUT2D eigenvalue weighted by molar-refractivity contribution is -0.733. The minimum Gasteiger partial charge on any atom is -0.318 e. The summed E-state index contributed by atoms with van der Waals surface area (Å²) in [4.78, 5) is 10.6. The van der Waals surface area contributed by atoms with E-state index in [2.05, 4.69) is 0 Å². The number of nitrogens with zero attached hydrogens (tertiary/aromatic N) is 2. The van der Waals surface area contributed by atoms with Crippen molar-refractivity contribution < 1.29 is 19.4 Å². The molecule has 0 radical (unpaired) electrons. The summed E-state index contributed by atoms with van der Waals surface area (Å²) in [6.45, 7) is 0.814. The Balaban J connectivity index is 1.90. The molecule has 1 heterocycles. The van der Waals surface area contributed by atoms with Gasteiger partial charge >= 0.3 is 5.69 Å². The van der Waals surface area contributed by atoms with E-state index in [-0.39, 0.29) is 10.6 Å². The van der Waals surface area contributed by atoms with E-state index in [1.807, 2.05) is 41.2 Å². The highest BCUT2D eigenvalue weighted by Gasteiger charge is 2.11. The van der Waals surface area contributed by atoms with Crippen molar-refractivity contribution in [2.45, 2.75) is 13.3 Å². The fraction of sp³-hybridized carbons (Fsp3) is 0.154. The third-order valence-corrected chi connectivity index (χ3v) is 2.42. The predicted molar refractivity (Wildman–Crippen MR) is 62.9 cm³/mol. The Kier molecular flexibility index (Phi) is 3.98. The van der Waals surface area contributed by atoms with Crippen LogP contribution in [0.5, 0.6) is 0 Å². The highest BCUT2D eigenvalue weighted by molar-refractivity contribution is 5.33. The van der Waals surface area contributed by atoms with Gasteiger partial charge < -0.3 is 4.74 Å². The smallest absolute Gasteiger partial charge is 0.316 e. The molecule has 0 aliphatic carbocycles. The summed E-state index contributed by atoms with van der Waals surface area (Å²) in [6.07, 6.45) is 3.81. The van der Waals surface area contributed by atoms with Crippen molar-refractivity contribution in [3.05, 3.63) is 65.3 Å². The fourth-order valence-electron chi connectivity index (χ4n) is 1.55. The van der Waals surface area contributed by atoms with Crippen molar-refractivity contribution in [1.82, 2.24) is 0 Å². The molecule has 0 spiro atoms. The first-order valence-corrected chi connectivity index (χ1v) is 5.52. The molecule has 1 N–H and O–H groups in total. The second kappa shape index (κ2) is 5.88. The van der Waals surface area contributed by atoms with Crippen LogP contribution in [0.4, 0.5) is 5.69 Å². The number of pyridine rings is 1. The second-order valence-electron chi connectivity index (χ2n) is 3.81. The average molecular weight is 246 g/mol. The number of ether oxygens (including phenoxy) is 1. The Morgan fingerprint density at radius 2 is 1.94 bits per heavy atom. The van der Waals surface area contributed by atoms with Crippen LogP contribution in [0.25, 0.3) is 0 Å². The molecule has 1 aromatic heterocycles. The lowest BCUT2D eigenvalue weighted by Gasteiger charge is -2.00. The Bertz CT molecular complexity index is 529. The number of aromatic nitrogens is 1. The molecule has 2 rings (SSSR count). The van der Waals surface area contributed by atoms with Crippen LogP contribution in [-0.4, -0.2) is 10.1 Å². The Labute approximate surface area is 104 Å². The van der Waals surface area contributed by atoms with Crippen molar-refractivity contribution in [1.29, 1.82) is 0 Å². The molecule has 0 fully saturated rings. The third-order valence-electron chi connectivity index (χ3n) is 2.42. The van der Waals surface area contributed by atoms with E-state index >= 15 is 0 Å². The minimum atomic E-state index is -0.157. The van der Waals surface area contributed by atoms with Gasteiger partial charge in [-0.05, 0) is 5.56 Å². The Morgan fingerprint density at radius 3 is 2.67 bits per heavy atom. The van der Waals surface area contributed by atoms with Crippen LogP contribution in [0.15, 0.2) is 54.9 Å². The van der Waals surface area contributed by atoms with E-state index in [4.69, 9.17) is 9.94 Å². The fourth-order valence-corrected chi connectivity index (χ4v) is 1.55. The summed E-state index contributed by atoms with van der Waals surface area (Å²) in [5, 5.41) is 8.78. The zero-order chi connectivity index (χ0) is 12.8. The second-order valence-corrected chi connectivity index (χ2v) is 3.81. The van der Waals surface area contributed by atoms with Crippen LogP contribution in [0.2, 0.25) is 0 Å². The summed E-state index contributed by atoms with van der Waals surface area (Å²) in [5.41, 5.74) is 1.03. The maximum atomic E-state index is 10.7. The maximum absolute atomic E-state index is 10.7. The van der Waals surface area contributed by atoms with Crippen molar-refractivity contribution in [3.8, 4) is 0 Å².